The Kier molecular flexibility index (Phi) is 6.68. The zero-order chi connectivity index (χ0) is 22.7. The van der Waals surface area contributed by atoms with Crippen molar-refractivity contribution in [1.29, 1.82) is 0 Å². The zero-order valence-corrected chi connectivity index (χ0v) is 18.6. The quantitative estimate of drug-likeness (QED) is 0.671. The Morgan fingerprint density at radius 3 is 2.39 bits per heavy atom. The molecule has 1 amide bonds. The van der Waals surface area contributed by atoms with Crippen LogP contribution >= 0.6 is 0 Å². The fourth-order valence-corrected chi connectivity index (χ4v) is 3.72. The topological polar surface area (TPSA) is 76.1 Å². The number of ketones is 1. The second kappa shape index (κ2) is 9.25. The van der Waals surface area contributed by atoms with E-state index in [9.17, 15) is 14.7 Å². The molecule has 1 N–H and O–H groups in total. The molecule has 1 unspecified atom stereocenters. The molecule has 0 aromatic heterocycles. The highest BCUT2D eigenvalue weighted by Gasteiger charge is 2.44. The van der Waals surface area contributed by atoms with Crippen molar-refractivity contribution in [3.05, 3.63) is 71.0 Å². The number of aliphatic hydroxyl groups excluding tert-OH is 1. The molecule has 1 aliphatic heterocycles. The Morgan fingerprint density at radius 2 is 1.74 bits per heavy atom. The maximum absolute atomic E-state index is 13.1. The normalized spacial score (nSPS) is 16.4. The van der Waals surface area contributed by atoms with Gasteiger partial charge in [-0.2, -0.15) is 0 Å². The molecule has 2 aromatic rings. The minimum absolute atomic E-state index is 0.0224. The van der Waals surface area contributed by atoms with Crippen molar-refractivity contribution >= 4 is 11.7 Å². The molecule has 0 radical (unpaired) electrons. The van der Waals surface area contributed by atoms with E-state index >= 15 is 0 Å². The number of benzene rings is 2. The predicted octanol–water partition coefficient (Wildman–Crippen LogP) is 4.60. The highest BCUT2D eigenvalue weighted by Crippen LogP contribution is 2.40. The van der Waals surface area contributed by atoms with Gasteiger partial charge in [0.2, 0.25) is 0 Å². The van der Waals surface area contributed by atoms with Gasteiger partial charge in [-0.15, -0.1) is 0 Å². The molecule has 31 heavy (non-hydrogen) atoms. The number of hydrogen-bond donors (Lipinski definition) is 1. The molecule has 3 rings (SSSR count). The second-order valence-corrected chi connectivity index (χ2v) is 8.21. The van der Waals surface area contributed by atoms with Gasteiger partial charge in [0.15, 0.2) is 11.5 Å². The number of hydrogen-bond acceptors (Lipinski definition) is 5. The first-order valence-corrected chi connectivity index (χ1v) is 10.4. The number of rotatable bonds is 8. The van der Waals surface area contributed by atoms with Crippen LogP contribution in [0.15, 0.2) is 59.9 Å². The average molecular weight is 424 g/mol. The molecular formula is C25H29NO5. The highest BCUT2D eigenvalue weighted by atomic mass is 16.5. The number of ether oxygens (including phenoxy) is 2. The number of nitrogens with zero attached hydrogens (tertiary/aromatic N) is 1. The van der Waals surface area contributed by atoms with E-state index < -0.39 is 17.7 Å². The molecule has 0 aliphatic carbocycles. The number of amides is 1. The van der Waals surface area contributed by atoms with Crippen LogP contribution in [0.3, 0.4) is 0 Å². The summed E-state index contributed by atoms with van der Waals surface area (Å²) in [4.78, 5) is 27.5. The number of carbonyl (C=O) groups is 2. The highest BCUT2D eigenvalue weighted by molar-refractivity contribution is 6.09. The molecule has 0 bridgehead atoms. The summed E-state index contributed by atoms with van der Waals surface area (Å²) in [5.74, 6) is -0.348. The van der Waals surface area contributed by atoms with E-state index in [4.69, 9.17) is 9.47 Å². The van der Waals surface area contributed by atoms with E-state index in [1.165, 1.54) is 4.90 Å². The minimum atomic E-state index is -0.702. The Bertz CT molecular complexity index is 1010. The molecule has 6 nitrogen and oxygen atoms in total. The first-order chi connectivity index (χ1) is 14.7. The maximum atomic E-state index is 13.1. The minimum Gasteiger partial charge on any atom is -0.503 e. The van der Waals surface area contributed by atoms with Crippen LogP contribution in [0.1, 0.15) is 44.9 Å². The van der Waals surface area contributed by atoms with E-state index in [0.29, 0.717) is 17.1 Å². The van der Waals surface area contributed by atoms with Crippen molar-refractivity contribution in [2.24, 2.45) is 5.92 Å². The fourth-order valence-electron chi connectivity index (χ4n) is 3.72. The van der Waals surface area contributed by atoms with Crippen LogP contribution in [0.25, 0.3) is 0 Å². The molecule has 164 valence electrons. The van der Waals surface area contributed by atoms with Gasteiger partial charge in [-0.1, -0.05) is 38.1 Å². The third-order valence-corrected chi connectivity index (χ3v) is 5.13. The summed E-state index contributed by atoms with van der Waals surface area (Å²) in [6.45, 7) is 7.62. The van der Waals surface area contributed by atoms with Gasteiger partial charge in [-0.05, 0) is 49.2 Å². The standard InChI is InChI=1S/C25H29NO5/c1-15(2)23(27)21-22(18-9-7-10-19(13-18)30-5)26(25(29)24(21)28)14-17-8-6-11-20(12-17)31-16(3)4/h6-13,15-16,22,28H,14H2,1-5H3. The first-order valence-electron chi connectivity index (χ1n) is 10.4. The van der Waals surface area contributed by atoms with Crippen LogP contribution in [-0.2, 0) is 16.1 Å². The predicted molar refractivity (Wildman–Crippen MR) is 118 cm³/mol. The second-order valence-electron chi connectivity index (χ2n) is 8.21. The molecule has 0 fully saturated rings. The van der Waals surface area contributed by atoms with E-state index in [2.05, 4.69) is 0 Å². The van der Waals surface area contributed by atoms with Crippen LogP contribution in [0.4, 0.5) is 0 Å². The van der Waals surface area contributed by atoms with Gasteiger partial charge in [0.05, 0.1) is 24.8 Å². The molecule has 1 heterocycles. The monoisotopic (exact) mass is 423 g/mol. The lowest BCUT2D eigenvalue weighted by Gasteiger charge is -2.28. The van der Waals surface area contributed by atoms with Crippen LogP contribution < -0.4 is 9.47 Å². The van der Waals surface area contributed by atoms with E-state index in [0.717, 1.165) is 5.56 Å². The van der Waals surface area contributed by atoms with Crippen LogP contribution in [-0.4, -0.2) is 34.9 Å². The zero-order valence-electron chi connectivity index (χ0n) is 18.6. The summed E-state index contributed by atoms with van der Waals surface area (Å²) < 4.78 is 11.1. The Labute approximate surface area is 183 Å². The summed E-state index contributed by atoms with van der Waals surface area (Å²) in [6, 6.07) is 14.0. The van der Waals surface area contributed by atoms with Crippen molar-refractivity contribution in [1.82, 2.24) is 4.90 Å². The summed E-state index contributed by atoms with van der Waals surface area (Å²) in [5.41, 5.74) is 1.67. The van der Waals surface area contributed by atoms with Gasteiger partial charge in [0, 0.05) is 12.5 Å². The molecule has 2 aromatic carbocycles. The molecule has 0 spiro atoms. The summed E-state index contributed by atoms with van der Waals surface area (Å²) in [7, 11) is 1.56. The molecule has 6 heteroatoms. The van der Waals surface area contributed by atoms with Crippen molar-refractivity contribution in [2.45, 2.75) is 46.4 Å². The van der Waals surface area contributed by atoms with Crippen LogP contribution in [0.2, 0.25) is 0 Å². The number of methoxy groups -OCH3 is 1. The van der Waals surface area contributed by atoms with Gasteiger partial charge in [0.1, 0.15) is 11.5 Å². The van der Waals surface area contributed by atoms with Crippen molar-refractivity contribution < 1.29 is 24.2 Å². The third kappa shape index (κ3) is 4.74. The Morgan fingerprint density at radius 1 is 1.06 bits per heavy atom. The average Bonchev–Trinajstić information content (AvgIpc) is 2.97. The SMILES string of the molecule is COc1cccc(C2C(C(=O)C(C)C)=C(O)C(=O)N2Cc2cccc(OC(C)C)c2)c1. The fraction of sp³-hybridized carbons (Fsp3) is 0.360. The van der Waals surface area contributed by atoms with E-state index in [1.807, 2.05) is 44.2 Å². The van der Waals surface area contributed by atoms with E-state index in [1.54, 1.807) is 39.2 Å². The van der Waals surface area contributed by atoms with Gasteiger partial charge in [-0.3, -0.25) is 9.59 Å². The van der Waals surface area contributed by atoms with Crippen molar-refractivity contribution in [3.63, 3.8) is 0 Å². The van der Waals surface area contributed by atoms with Gasteiger partial charge < -0.3 is 19.5 Å². The first kappa shape index (κ1) is 22.4. The van der Waals surface area contributed by atoms with E-state index in [-0.39, 0.29) is 29.9 Å². The maximum Gasteiger partial charge on any atom is 0.290 e. The number of Topliss-reactive ketones (excluding diaryl/α,β-unsaturated/α-hetero) is 1. The lowest BCUT2D eigenvalue weighted by Crippen LogP contribution is -2.31. The van der Waals surface area contributed by atoms with Crippen molar-refractivity contribution in [3.8, 4) is 11.5 Å². The summed E-state index contributed by atoms with van der Waals surface area (Å²) in [6.07, 6.45) is 0.0224. The molecule has 0 saturated carbocycles. The van der Waals surface area contributed by atoms with Crippen LogP contribution in [0.5, 0.6) is 11.5 Å². The molecule has 1 aliphatic rings. The molecule has 1 atom stereocenters. The smallest absolute Gasteiger partial charge is 0.290 e. The Hall–Kier alpha value is -3.28. The van der Waals surface area contributed by atoms with Crippen LogP contribution in [0, 0.1) is 5.92 Å². The summed E-state index contributed by atoms with van der Waals surface area (Å²) in [5, 5.41) is 10.7. The van der Waals surface area contributed by atoms with Gasteiger partial charge in [0.25, 0.3) is 5.91 Å². The third-order valence-electron chi connectivity index (χ3n) is 5.13. The van der Waals surface area contributed by atoms with Gasteiger partial charge in [-0.25, -0.2) is 0 Å². The molecule has 0 saturated heterocycles. The lowest BCUT2D eigenvalue weighted by atomic mass is 9.91. The lowest BCUT2D eigenvalue weighted by molar-refractivity contribution is -0.130. The summed E-state index contributed by atoms with van der Waals surface area (Å²) >= 11 is 0. The van der Waals surface area contributed by atoms with Crippen molar-refractivity contribution in [2.75, 3.05) is 7.11 Å². The number of aliphatic hydroxyl groups is 1. The Balaban J connectivity index is 2.04. The largest absolute Gasteiger partial charge is 0.503 e. The molecular weight excluding hydrogens is 394 g/mol. The number of carbonyl (C=O) groups excluding carboxylic acids is 2. The van der Waals surface area contributed by atoms with Gasteiger partial charge >= 0.3 is 0 Å².